The van der Waals surface area contributed by atoms with Gasteiger partial charge in [-0.1, -0.05) is 27.7 Å². The van der Waals surface area contributed by atoms with Crippen molar-refractivity contribution in [2.75, 3.05) is 59.0 Å². The summed E-state index contributed by atoms with van der Waals surface area (Å²) in [5.41, 5.74) is 0. The molecule has 0 atom stereocenters. The van der Waals surface area contributed by atoms with Crippen LogP contribution in [0.3, 0.4) is 0 Å². The molecule has 35 heavy (non-hydrogen) atoms. The summed E-state index contributed by atoms with van der Waals surface area (Å²) in [5.74, 6) is 0.486. The molecule has 2 amide bonds. The van der Waals surface area contributed by atoms with Crippen LogP contribution in [-0.4, -0.2) is 98.8 Å². The molecule has 2 saturated heterocycles. The summed E-state index contributed by atoms with van der Waals surface area (Å²) in [7, 11) is 0. The molecule has 2 heterocycles. The van der Waals surface area contributed by atoms with Gasteiger partial charge in [-0.25, -0.2) is 0 Å². The van der Waals surface area contributed by atoms with Gasteiger partial charge in [-0.3, -0.25) is 19.4 Å². The molecule has 210 valence electrons. The van der Waals surface area contributed by atoms with Gasteiger partial charge in [0.2, 0.25) is 11.8 Å². The van der Waals surface area contributed by atoms with Crippen LogP contribution in [0.1, 0.15) is 76.2 Å². The maximum atomic E-state index is 10.8. The highest BCUT2D eigenvalue weighted by Crippen LogP contribution is 2.01. The second-order valence-corrected chi connectivity index (χ2v) is 10.5. The van der Waals surface area contributed by atoms with Gasteiger partial charge in [-0.05, 0) is 48.5 Å². The Labute approximate surface area is 217 Å². The van der Waals surface area contributed by atoms with Gasteiger partial charge in [0.15, 0.2) is 0 Å². The highest BCUT2D eigenvalue weighted by atomic mass is 16.5. The summed E-state index contributed by atoms with van der Waals surface area (Å²) in [6, 6.07) is 1.68. The molecule has 0 spiro atoms. The molecule has 2 aliphatic heterocycles. The molecule has 3 N–H and O–H groups in total. The van der Waals surface area contributed by atoms with Crippen molar-refractivity contribution in [3.63, 3.8) is 0 Å². The maximum Gasteiger partial charge on any atom is 0.222 e. The van der Waals surface area contributed by atoms with E-state index >= 15 is 0 Å². The number of nitrogens with zero attached hydrogens (tertiary/aromatic N) is 2. The Morgan fingerprint density at radius 3 is 1.40 bits per heavy atom. The third kappa shape index (κ3) is 21.8. The number of nitrogens with one attached hydrogen (secondary N) is 3. The highest BCUT2D eigenvalue weighted by Gasteiger charge is 2.12. The van der Waals surface area contributed by atoms with Gasteiger partial charge in [0.1, 0.15) is 0 Å². The molecule has 2 fully saturated rings. The fourth-order valence-electron chi connectivity index (χ4n) is 3.12. The van der Waals surface area contributed by atoms with Gasteiger partial charge in [0.25, 0.3) is 0 Å². The normalized spacial score (nSPS) is 16.7. The van der Waals surface area contributed by atoms with E-state index in [0.717, 1.165) is 52.0 Å². The van der Waals surface area contributed by atoms with Crippen LogP contribution < -0.4 is 16.0 Å². The Balaban J connectivity index is 0. The average molecular weight is 502 g/mol. The van der Waals surface area contributed by atoms with Gasteiger partial charge >= 0.3 is 0 Å². The van der Waals surface area contributed by atoms with E-state index in [9.17, 15) is 9.59 Å². The third-order valence-electron chi connectivity index (χ3n) is 5.49. The van der Waals surface area contributed by atoms with Crippen LogP contribution in [0.25, 0.3) is 0 Å². The quantitative estimate of drug-likeness (QED) is 0.519. The zero-order valence-electron chi connectivity index (χ0n) is 24.9. The van der Waals surface area contributed by atoms with Crippen molar-refractivity contribution < 1.29 is 14.3 Å². The second kappa shape index (κ2) is 22.0. The van der Waals surface area contributed by atoms with E-state index in [1.165, 1.54) is 13.1 Å². The zero-order chi connectivity index (χ0) is 27.4. The van der Waals surface area contributed by atoms with E-state index in [1.807, 2.05) is 48.5 Å². The fraction of sp³-hybridized carbons (Fsp3) is 0.926. The van der Waals surface area contributed by atoms with Crippen molar-refractivity contribution in [2.45, 2.75) is 94.3 Å². The lowest BCUT2D eigenvalue weighted by molar-refractivity contribution is -0.125. The molecular formula is C27H59N5O3. The van der Waals surface area contributed by atoms with Gasteiger partial charge in [-0.2, -0.15) is 0 Å². The molecule has 0 saturated carbocycles. The van der Waals surface area contributed by atoms with Gasteiger partial charge < -0.3 is 20.7 Å². The van der Waals surface area contributed by atoms with Crippen molar-refractivity contribution in [1.29, 1.82) is 0 Å². The average Bonchev–Trinajstić information content (AvgIpc) is 2.81. The van der Waals surface area contributed by atoms with Crippen LogP contribution in [0.5, 0.6) is 0 Å². The Bertz CT molecular complexity index is 491. The van der Waals surface area contributed by atoms with Crippen molar-refractivity contribution >= 4 is 11.8 Å². The summed E-state index contributed by atoms with van der Waals surface area (Å²) in [4.78, 5) is 26.4. The SMILES string of the molecule is CC(C)N1CCNCC1.CC(C)N1CCOCC1.CC(C)NC(=O)C(C)C.CCNC(=O)C(C)C. The van der Waals surface area contributed by atoms with Crippen molar-refractivity contribution in [3.8, 4) is 0 Å². The predicted molar refractivity (Wildman–Crippen MR) is 149 cm³/mol. The van der Waals surface area contributed by atoms with Crippen molar-refractivity contribution in [2.24, 2.45) is 11.8 Å². The first-order valence-electron chi connectivity index (χ1n) is 13.7. The minimum absolute atomic E-state index is 0.104. The lowest BCUT2D eigenvalue weighted by atomic mass is 10.2. The molecule has 2 aliphatic rings. The second-order valence-electron chi connectivity index (χ2n) is 10.5. The third-order valence-corrected chi connectivity index (χ3v) is 5.49. The number of hydrogen-bond donors (Lipinski definition) is 3. The maximum absolute atomic E-state index is 10.8. The van der Waals surface area contributed by atoms with Gasteiger partial charge in [0, 0.05) is 75.8 Å². The largest absolute Gasteiger partial charge is 0.379 e. The van der Waals surface area contributed by atoms with E-state index in [0.29, 0.717) is 6.04 Å². The summed E-state index contributed by atoms with van der Waals surface area (Å²) < 4.78 is 5.21. The first kappa shape index (κ1) is 35.9. The molecule has 2 rings (SSSR count). The minimum atomic E-state index is 0.104. The molecule has 0 bridgehead atoms. The molecule has 0 unspecified atom stereocenters. The van der Waals surface area contributed by atoms with E-state index in [1.54, 1.807) is 0 Å². The van der Waals surface area contributed by atoms with Crippen LogP contribution in [0.15, 0.2) is 0 Å². The summed E-state index contributed by atoms with van der Waals surface area (Å²) in [6.07, 6.45) is 0. The molecule has 0 aromatic carbocycles. The molecule has 8 nitrogen and oxygen atoms in total. The number of ether oxygens (including phenoxy) is 1. The van der Waals surface area contributed by atoms with Crippen LogP contribution in [0.2, 0.25) is 0 Å². The number of morpholine rings is 1. The number of amides is 2. The number of carbonyl (C=O) groups is 2. The molecule has 0 radical (unpaired) electrons. The Hall–Kier alpha value is -1.22. The van der Waals surface area contributed by atoms with E-state index in [4.69, 9.17) is 4.74 Å². The number of piperazine rings is 1. The summed E-state index contributed by atoms with van der Waals surface area (Å²) >= 11 is 0. The van der Waals surface area contributed by atoms with E-state index in [2.05, 4.69) is 53.4 Å². The molecular weight excluding hydrogens is 442 g/mol. The zero-order valence-corrected chi connectivity index (χ0v) is 24.9. The Kier molecular flexibility index (Phi) is 22.6. The Morgan fingerprint density at radius 2 is 1.17 bits per heavy atom. The number of rotatable bonds is 6. The molecule has 0 aromatic heterocycles. The predicted octanol–water partition coefficient (Wildman–Crippen LogP) is 2.97. The first-order chi connectivity index (χ1) is 16.3. The summed E-state index contributed by atoms with van der Waals surface area (Å²) in [5, 5.41) is 8.84. The van der Waals surface area contributed by atoms with E-state index in [-0.39, 0.29) is 29.7 Å². The highest BCUT2D eigenvalue weighted by molar-refractivity contribution is 5.78. The van der Waals surface area contributed by atoms with Gasteiger partial charge in [-0.15, -0.1) is 0 Å². The molecule has 0 aliphatic carbocycles. The van der Waals surface area contributed by atoms with Crippen molar-refractivity contribution in [3.05, 3.63) is 0 Å². The topological polar surface area (TPSA) is 85.9 Å². The monoisotopic (exact) mass is 501 g/mol. The summed E-state index contributed by atoms with van der Waals surface area (Å²) in [6.45, 7) is 31.9. The van der Waals surface area contributed by atoms with Crippen LogP contribution in [0.4, 0.5) is 0 Å². The van der Waals surface area contributed by atoms with Crippen LogP contribution in [-0.2, 0) is 14.3 Å². The smallest absolute Gasteiger partial charge is 0.222 e. The standard InChI is InChI=1S/C7H16N2.2C7H15NO.C6H13NO/c1-7(2)9-5-3-8-4-6-9;1-7(2)8-3-5-9-6-4-8;1-5(2)7(9)8-6(3)4;1-4-7-6(8)5(2)3/h7-8H,3-6H2,1-2H3;7H,3-6H2,1-2H3;5-6H,1-4H3,(H,8,9);5H,4H2,1-3H3,(H,7,8). The van der Waals surface area contributed by atoms with Crippen LogP contribution >= 0.6 is 0 Å². The Morgan fingerprint density at radius 1 is 0.743 bits per heavy atom. The lowest BCUT2D eigenvalue weighted by Gasteiger charge is -2.30. The fourth-order valence-corrected chi connectivity index (χ4v) is 3.12. The minimum Gasteiger partial charge on any atom is -0.379 e. The molecule has 0 aromatic rings. The molecule has 8 heteroatoms. The lowest BCUT2D eigenvalue weighted by Crippen LogP contribution is -2.46. The number of carbonyl (C=O) groups excluding carboxylic acids is 2. The number of hydrogen-bond acceptors (Lipinski definition) is 6. The van der Waals surface area contributed by atoms with Gasteiger partial charge in [0.05, 0.1) is 13.2 Å². The van der Waals surface area contributed by atoms with Crippen molar-refractivity contribution in [1.82, 2.24) is 25.8 Å². The van der Waals surface area contributed by atoms with Crippen LogP contribution in [0, 0.1) is 11.8 Å². The first-order valence-corrected chi connectivity index (χ1v) is 13.7. The van der Waals surface area contributed by atoms with E-state index < -0.39 is 0 Å².